The first-order valence-corrected chi connectivity index (χ1v) is 8.71. The Morgan fingerprint density at radius 1 is 0.923 bits per heavy atom. The molecule has 1 heterocycles. The Hall–Kier alpha value is -1.78. The van der Waals surface area contributed by atoms with Crippen molar-refractivity contribution in [3.05, 3.63) is 93.7 Å². The first-order valence-electron chi connectivity index (χ1n) is 7.96. The predicted molar refractivity (Wildman–Crippen MR) is 109 cm³/mol. The molecule has 1 aromatic heterocycles. The smallest absolute Gasteiger partial charge is 0.120 e. The molecule has 0 unspecified atom stereocenters. The lowest BCUT2D eigenvalue weighted by atomic mass is 10.2. The zero-order chi connectivity index (χ0) is 17.5. The third-order valence-electron chi connectivity index (χ3n) is 3.69. The first-order chi connectivity index (χ1) is 12.2. The number of hydrogen-bond donors (Lipinski definition) is 1. The molecule has 0 amide bonds. The molecular weight excluding hydrogens is 391 g/mol. The van der Waals surface area contributed by atoms with E-state index in [0.29, 0.717) is 16.7 Å². The Morgan fingerprint density at radius 2 is 1.73 bits per heavy atom. The number of nitrogens with zero attached hydrogens (tertiary/aromatic N) is 1. The summed E-state index contributed by atoms with van der Waals surface area (Å²) in [6.07, 6.45) is 3.64. The predicted octanol–water partition coefficient (Wildman–Crippen LogP) is 5.68. The van der Waals surface area contributed by atoms with Gasteiger partial charge in [0.2, 0.25) is 0 Å². The molecule has 0 fully saturated rings. The van der Waals surface area contributed by atoms with Gasteiger partial charge in [-0.3, -0.25) is 4.98 Å². The van der Waals surface area contributed by atoms with Crippen molar-refractivity contribution in [1.29, 1.82) is 0 Å². The van der Waals surface area contributed by atoms with Crippen LogP contribution in [-0.2, 0) is 19.7 Å². The second-order valence-electron chi connectivity index (χ2n) is 5.64. The van der Waals surface area contributed by atoms with Gasteiger partial charge >= 0.3 is 0 Å². The average Bonchev–Trinajstić information content (AvgIpc) is 2.62. The Morgan fingerprint density at radius 3 is 2.50 bits per heavy atom. The van der Waals surface area contributed by atoms with Crippen LogP contribution in [0.25, 0.3) is 0 Å². The molecule has 0 aliphatic rings. The molecule has 0 aliphatic carbocycles. The second kappa shape index (κ2) is 10.4. The normalized spacial score (nSPS) is 10.2. The van der Waals surface area contributed by atoms with Crippen LogP contribution in [0.3, 0.4) is 0 Å². The number of ether oxygens (including phenoxy) is 1. The standard InChI is InChI=1S/C20H18Cl2N2O.ClH/c21-18-7-6-17(20(22)10-18)14-25-19-5-1-3-15(9-19)11-24-13-16-4-2-8-23-12-16;/h1-10,12,24H,11,13-14H2;1H. The Balaban J connectivity index is 0.00000243. The second-order valence-corrected chi connectivity index (χ2v) is 6.48. The van der Waals surface area contributed by atoms with Gasteiger partial charge in [-0.25, -0.2) is 0 Å². The van der Waals surface area contributed by atoms with Crippen LogP contribution in [0.15, 0.2) is 67.0 Å². The first kappa shape index (κ1) is 20.5. The summed E-state index contributed by atoms with van der Waals surface area (Å²) in [5, 5.41) is 4.64. The molecule has 1 N–H and O–H groups in total. The minimum atomic E-state index is 0. The minimum Gasteiger partial charge on any atom is -0.489 e. The lowest BCUT2D eigenvalue weighted by Crippen LogP contribution is -2.12. The van der Waals surface area contributed by atoms with Gasteiger partial charge in [0, 0.05) is 41.1 Å². The van der Waals surface area contributed by atoms with Crippen molar-refractivity contribution >= 4 is 35.6 Å². The van der Waals surface area contributed by atoms with Gasteiger partial charge in [0.15, 0.2) is 0 Å². The summed E-state index contributed by atoms with van der Waals surface area (Å²) in [6.45, 7) is 1.94. The van der Waals surface area contributed by atoms with E-state index in [1.165, 1.54) is 0 Å². The average molecular weight is 410 g/mol. The van der Waals surface area contributed by atoms with Crippen LogP contribution in [0.4, 0.5) is 0 Å². The van der Waals surface area contributed by atoms with Gasteiger partial charge in [0.25, 0.3) is 0 Å². The number of aromatic nitrogens is 1. The molecule has 26 heavy (non-hydrogen) atoms. The van der Waals surface area contributed by atoms with Crippen LogP contribution >= 0.6 is 35.6 Å². The Labute approximate surface area is 169 Å². The number of nitrogens with one attached hydrogen (secondary N) is 1. The summed E-state index contributed by atoms with van der Waals surface area (Å²) in [6, 6.07) is 17.4. The third-order valence-corrected chi connectivity index (χ3v) is 4.28. The number of pyridine rings is 1. The van der Waals surface area contributed by atoms with Gasteiger partial charge in [0.05, 0.1) is 0 Å². The van der Waals surface area contributed by atoms with E-state index < -0.39 is 0 Å². The van der Waals surface area contributed by atoms with E-state index in [-0.39, 0.29) is 12.4 Å². The van der Waals surface area contributed by atoms with Crippen molar-refractivity contribution in [2.45, 2.75) is 19.7 Å². The lowest BCUT2D eigenvalue weighted by molar-refractivity contribution is 0.306. The number of rotatable bonds is 7. The maximum atomic E-state index is 6.17. The van der Waals surface area contributed by atoms with Gasteiger partial charge in [-0.15, -0.1) is 12.4 Å². The molecule has 0 spiro atoms. The summed E-state index contributed by atoms with van der Waals surface area (Å²) in [7, 11) is 0. The number of hydrogen-bond acceptors (Lipinski definition) is 3. The van der Waals surface area contributed by atoms with Crippen molar-refractivity contribution in [1.82, 2.24) is 10.3 Å². The fourth-order valence-electron chi connectivity index (χ4n) is 2.40. The summed E-state index contributed by atoms with van der Waals surface area (Å²) in [5.74, 6) is 0.812. The van der Waals surface area contributed by atoms with Crippen LogP contribution in [0.5, 0.6) is 5.75 Å². The van der Waals surface area contributed by atoms with Crippen LogP contribution in [-0.4, -0.2) is 4.98 Å². The maximum absolute atomic E-state index is 6.17. The molecule has 2 aromatic carbocycles. The molecule has 0 aliphatic heterocycles. The highest BCUT2D eigenvalue weighted by Gasteiger charge is 2.03. The van der Waals surface area contributed by atoms with Crippen molar-refractivity contribution in [2.24, 2.45) is 0 Å². The maximum Gasteiger partial charge on any atom is 0.120 e. The van der Waals surface area contributed by atoms with Crippen LogP contribution < -0.4 is 10.1 Å². The van der Waals surface area contributed by atoms with E-state index in [2.05, 4.69) is 22.4 Å². The highest BCUT2D eigenvalue weighted by Crippen LogP contribution is 2.23. The van der Waals surface area contributed by atoms with Crippen LogP contribution in [0.1, 0.15) is 16.7 Å². The van der Waals surface area contributed by atoms with Gasteiger partial charge < -0.3 is 10.1 Å². The van der Waals surface area contributed by atoms with E-state index in [0.717, 1.165) is 35.5 Å². The van der Waals surface area contributed by atoms with E-state index in [1.807, 2.05) is 42.6 Å². The molecule has 3 nitrogen and oxygen atoms in total. The van der Waals surface area contributed by atoms with Crippen LogP contribution in [0.2, 0.25) is 10.0 Å². The van der Waals surface area contributed by atoms with Crippen molar-refractivity contribution in [3.8, 4) is 5.75 Å². The van der Waals surface area contributed by atoms with Gasteiger partial charge in [0.1, 0.15) is 12.4 Å². The highest BCUT2D eigenvalue weighted by atomic mass is 35.5. The van der Waals surface area contributed by atoms with E-state index >= 15 is 0 Å². The zero-order valence-corrected chi connectivity index (χ0v) is 16.3. The minimum absolute atomic E-state index is 0. The van der Waals surface area contributed by atoms with E-state index in [1.54, 1.807) is 12.3 Å². The summed E-state index contributed by atoms with van der Waals surface area (Å²) >= 11 is 12.1. The largest absolute Gasteiger partial charge is 0.489 e. The quantitative estimate of drug-likeness (QED) is 0.545. The molecule has 0 atom stereocenters. The molecule has 0 saturated heterocycles. The zero-order valence-electron chi connectivity index (χ0n) is 14.0. The number of halogens is 3. The molecule has 3 aromatic rings. The molecule has 0 saturated carbocycles. The SMILES string of the molecule is Cl.Clc1ccc(COc2cccc(CNCc3cccnc3)c2)c(Cl)c1. The molecule has 3 rings (SSSR count). The van der Waals surface area contributed by atoms with Crippen molar-refractivity contribution in [3.63, 3.8) is 0 Å². The number of benzene rings is 2. The monoisotopic (exact) mass is 408 g/mol. The Bertz CT molecular complexity index is 828. The summed E-state index contributed by atoms with van der Waals surface area (Å²) < 4.78 is 5.85. The Kier molecular flexibility index (Phi) is 8.20. The lowest BCUT2D eigenvalue weighted by Gasteiger charge is -2.10. The summed E-state index contributed by atoms with van der Waals surface area (Å²) in [4.78, 5) is 4.11. The van der Waals surface area contributed by atoms with Gasteiger partial charge in [-0.2, -0.15) is 0 Å². The molecule has 6 heteroatoms. The fraction of sp³-hybridized carbons (Fsp3) is 0.150. The van der Waals surface area contributed by atoms with Crippen molar-refractivity contribution in [2.75, 3.05) is 0 Å². The summed E-state index contributed by atoms with van der Waals surface area (Å²) in [5.41, 5.74) is 3.22. The molecule has 136 valence electrons. The van der Waals surface area contributed by atoms with Crippen LogP contribution in [0, 0.1) is 0 Å². The van der Waals surface area contributed by atoms with E-state index in [9.17, 15) is 0 Å². The molecule has 0 radical (unpaired) electrons. The molecular formula is C20H19Cl3N2O. The van der Waals surface area contributed by atoms with Crippen molar-refractivity contribution < 1.29 is 4.74 Å². The third kappa shape index (κ3) is 6.19. The topological polar surface area (TPSA) is 34.1 Å². The van der Waals surface area contributed by atoms with Gasteiger partial charge in [-0.05, 0) is 41.5 Å². The van der Waals surface area contributed by atoms with E-state index in [4.69, 9.17) is 27.9 Å². The highest BCUT2D eigenvalue weighted by molar-refractivity contribution is 6.35. The van der Waals surface area contributed by atoms with Gasteiger partial charge in [-0.1, -0.05) is 47.5 Å². The fourth-order valence-corrected chi connectivity index (χ4v) is 2.86. The molecule has 0 bridgehead atoms.